The lowest BCUT2D eigenvalue weighted by atomic mass is 10.3. The molecule has 0 saturated heterocycles. The first kappa shape index (κ1) is 10.5. The summed E-state index contributed by atoms with van der Waals surface area (Å²) in [5.74, 6) is -0.667. The van der Waals surface area contributed by atoms with Gasteiger partial charge in [-0.15, -0.1) is 0 Å². The molecular formula is C7H6BrFNO2S-. The highest BCUT2D eigenvalue weighted by Crippen LogP contribution is 2.27. The van der Waals surface area contributed by atoms with Crippen molar-refractivity contribution in [2.45, 2.75) is 0 Å². The van der Waals surface area contributed by atoms with E-state index in [9.17, 15) is 12.8 Å². The SMILES string of the molecule is CS(=O)(=O)[N-]c1ccc(Br)cc1F. The van der Waals surface area contributed by atoms with E-state index in [-0.39, 0.29) is 5.69 Å². The zero-order chi connectivity index (χ0) is 10.1. The summed E-state index contributed by atoms with van der Waals surface area (Å²) in [6.45, 7) is 0. The normalized spacial score (nSPS) is 11.3. The molecule has 1 rings (SSSR count). The zero-order valence-electron chi connectivity index (χ0n) is 6.66. The van der Waals surface area contributed by atoms with Crippen molar-refractivity contribution in [1.29, 1.82) is 0 Å². The zero-order valence-corrected chi connectivity index (χ0v) is 9.06. The van der Waals surface area contributed by atoms with Crippen molar-refractivity contribution < 1.29 is 12.8 Å². The maximum atomic E-state index is 13.0. The molecule has 6 heteroatoms. The summed E-state index contributed by atoms with van der Waals surface area (Å²) in [5, 5.41) is 0. The van der Waals surface area contributed by atoms with Crippen LogP contribution in [-0.2, 0) is 10.0 Å². The van der Waals surface area contributed by atoms with Crippen LogP contribution in [0.5, 0.6) is 0 Å². The molecule has 0 N–H and O–H groups in total. The quantitative estimate of drug-likeness (QED) is 0.826. The van der Waals surface area contributed by atoms with E-state index < -0.39 is 15.8 Å². The minimum Gasteiger partial charge on any atom is -0.575 e. The van der Waals surface area contributed by atoms with Gasteiger partial charge in [-0.2, -0.15) is 0 Å². The summed E-state index contributed by atoms with van der Waals surface area (Å²) in [6.07, 6.45) is 0.911. The first-order chi connectivity index (χ1) is 5.88. The number of hydrogen-bond acceptors (Lipinski definition) is 2. The average Bonchev–Trinajstić information content (AvgIpc) is 1.93. The van der Waals surface area contributed by atoms with Crippen molar-refractivity contribution in [1.82, 2.24) is 0 Å². The number of benzene rings is 1. The Morgan fingerprint density at radius 3 is 2.54 bits per heavy atom. The van der Waals surface area contributed by atoms with Gasteiger partial charge in [0.2, 0.25) is 0 Å². The van der Waals surface area contributed by atoms with Gasteiger partial charge in [0.1, 0.15) is 5.82 Å². The fourth-order valence-corrected chi connectivity index (χ4v) is 1.57. The molecule has 0 aliphatic carbocycles. The molecule has 0 aliphatic heterocycles. The second kappa shape index (κ2) is 3.63. The average molecular weight is 267 g/mol. The Labute approximate surface area is 84.1 Å². The van der Waals surface area contributed by atoms with Crippen molar-refractivity contribution in [3.63, 3.8) is 0 Å². The number of rotatable bonds is 2. The Hall–Kier alpha value is -0.620. The highest BCUT2D eigenvalue weighted by Gasteiger charge is 1.96. The lowest BCUT2D eigenvalue weighted by Gasteiger charge is -2.18. The van der Waals surface area contributed by atoms with E-state index in [0.29, 0.717) is 4.47 Å². The van der Waals surface area contributed by atoms with E-state index in [4.69, 9.17) is 0 Å². The molecule has 0 radical (unpaired) electrons. The van der Waals surface area contributed by atoms with Crippen molar-refractivity contribution in [3.8, 4) is 0 Å². The van der Waals surface area contributed by atoms with Gasteiger partial charge in [-0.25, -0.2) is 12.8 Å². The number of halogens is 2. The highest BCUT2D eigenvalue weighted by molar-refractivity contribution is 9.10. The predicted molar refractivity (Wildman–Crippen MR) is 52.0 cm³/mol. The summed E-state index contributed by atoms with van der Waals surface area (Å²) in [4.78, 5) is 0. The van der Waals surface area contributed by atoms with Gasteiger partial charge in [0, 0.05) is 10.7 Å². The Kier molecular flexibility index (Phi) is 2.92. The van der Waals surface area contributed by atoms with Gasteiger partial charge in [0.05, 0.1) is 10.0 Å². The molecule has 13 heavy (non-hydrogen) atoms. The predicted octanol–water partition coefficient (Wildman–Crippen LogP) is 2.55. The van der Waals surface area contributed by atoms with E-state index in [1.54, 1.807) is 0 Å². The van der Waals surface area contributed by atoms with Crippen LogP contribution in [0.25, 0.3) is 4.72 Å². The van der Waals surface area contributed by atoms with E-state index >= 15 is 0 Å². The molecule has 3 nitrogen and oxygen atoms in total. The van der Waals surface area contributed by atoms with Gasteiger partial charge in [-0.1, -0.05) is 27.7 Å². The third-order valence-electron chi connectivity index (χ3n) is 1.17. The number of sulfonamides is 1. The third kappa shape index (κ3) is 3.31. The topological polar surface area (TPSA) is 48.2 Å². The first-order valence-electron chi connectivity index (χ1n) is 3.26. The smallest absolute Gasteiger partial charge is 0.110 e. The van der Waals surface area contributed by atoms with Crippen LogP contribution < -0.4 is 0 Å². The third-order valence-corrected chi connectivity index (χ3v) is 2.20. The maximum absolute atomic E-state index is 13.0. The van der Waals surface area contributed by atoms with Gasteiger partial charge >= 0.3 is 0 Å². The van der Waals surface area contributed by atoms with E-state index in [0.717, 1.165) is 12.3 Å². The molecule has 0 aliphatic rings. The van der Waals surface area contributed by atoms with Crippen LogP contribution >= 0.6 is 15.9 Å². The molecule has 0 amide bonds. The highest BCUT2D eigenvalue weighted by atomic mass is 79.9. The fourth-order valence-electron chi connectivity index (χ4n) is 0.734. The van der Waals surface area contributed by atoms with E-state index in [1.165, 1.54) is 12.1 Å². The van der Waals surface area contributed by atoms with Gasteiger partial charge in [-0.3, -0.25) is 0 Å². The van der Waals surface area contributed by atoms with Crippen LogP contribution in [0.15, 0.2) is 22.7 Å². The second-order valence-electron chi connectivity index (χ2n) is 2.42. The minimum atomic E-state index is -3.54. The van der Waals surface area contributed by atoms with E-state index in [1.807, 2.05) is 0 Å². The van der Waals surface area contributed by atoms with Gasteiger partial charge in [-0.05, 0) is 12.1 Å². The Morgan fingerprint density at radius 2 is 2.08 bits per heavy atom. The van der Waals surface area contributed by atoms with Crippen LogP contribution in [-0.4, -0.2) is 14.7 Å². The van der Waals surface area contributed by atoms with Gasteiger partial charge in [0.25, 0.3) is 0 Å². The Bertz CT molecular complexity index is 419. The Morgan fingerprint density at radius 1 is 1.46 bits per heavy atom. The molecular weight excluding hydrogens is 261 g/mol. The molecule has 0 bridgehead atoms. The van der Waals surface area contributed by atoms with Crippen LogP contribution in [0.2, 0.25) is 0 Å². The maximum Gasteiger partial charge on any atom is 0.110 e. The van der Waals surface area contributed by atoms with Crippen molar-refractivity contribution in [2.24, 2.45) is 0 Å². The molecule has 72 valence electrons. The number of nitrogens with zero attached hydrogens (tertiary/aromatic N) is 1. The monoisotopic (exact) mass is 266 g/mol. The summed E-state index contributed by atoms with van der Waals surface area (Å²) in [5.41, 5.74) is -0.175. The van der Waals surface area contributed by atoms with Crippen LogP contribution in [0, 0.1) is 5.82 Å². The summed E-state index contributed by atoms with van der Waals surface area (Å²) >= 11 is 3.04. The van der Waals surface area contributed by atoms with E-state index in [2.05, 4.69) is 20.7 Å². The molecule has 0 aromatic heterocycles. The number of hydrogen-bond donors (Lipinski definition) is 0. The summed E-state index contributed by atoms with van der Waals surface area (Å²) in [7, 11) is -3.54. The molecule has 0 spiro atoms. The Balaban J connectivity index is 3.04. The fraction of sp³-hybridized carbons (Fsp3) is 0.143. The molecule has 0 heterocycles. The standard InChI is InChI=1S/C7H6BrFNO2S/c1-13(11,12)10-7-3-2-5(8)4-6(7)9/h2-4H,1H3/q-1. The lowest BCUT2D eigenvalue weighted by Crippen LogP contribution is -1.92. The van der Waals surface area contributed by atoms with Crippen molar-refractivity contribution in [2.75, 3.05) is 6.26 Å². The summed E-state index contributed by atoms with van der Waals surface area (Å²) in [6, 6.07) is 3.97. The molecule has 0 fully saturated rings. The summed E-state index contributed by atoms with van der Waals surface area (Å²) < 4.78 is 38.1. The van der Waals surface area contributed by atoms with Crippen molar-refractivity contribution in [3.05, 3.63) is 33.2 Å². The van der Waals surface area contributed by atoms with Crippen molar-refractivity contribution >= 4 is 31.6 Å². The van der Waals surface area contributed by atoms with Crippen LogP contribution in [0.4, 0.5) is 10.1 Å². The molecule has 0 atom stereocenters. The molecule has 1 aromatic carbocycles. The molecule has 0 saturated carbocycles. The van der Waals surface area contributed by atoms with Gasteiger partial charge in [0.15, 0.2) is 0 Å². The largest absolute Gasteiger partial charge is 0.575 e. The van der Waals surface area contributed by atoms with Crippen LogP contribution in [0.1, 0.15) is 0 Å². The second-order valence-corrected chi connectivity index (χ2v) is 4.98. The molecule has 1 aromatic rings. The molecule has 0 unspecified atom stereocenters. The lowest BCUT2D eigenvalue weighted by molar-refractivity contribution is 0.606. The first-order valence-corrected chi connectivity index (χ1v) is 5.91. The minimum absolute atomic E-state index is 0.175. The van der Waals surface area contributed by atoms with Gasteiger partial charge < -0.3 is 4.72 Å². The van der Waals surface area contributed by atoms with Crippen LogP contribution in [0.3, 0.4) is 0 Å².